The van der Waals surface area contributed by atoms with Gasteiger partial charge < -0.3 is 10.1 Å². The van der Waals surface area contributed by atoms with Gasteiger partial charge in [0.15, 0.2) is 5.69 Å². The summed E-state index contributed by atoms with van der Waals surface area (Å²) in [5.74, 6) is -0.224. The summed E-state index contributed by atoms with van der Waals surface area (Å²) in [5.41, 5.74) is 6.81. The van der Waals surface area contributed by atoms with Gasteiger partial charge in [-0.05, 0) is 50.5 Å². The smallest absolute Gasteiger partial charge is 0.273 e. The van der Waals surface area contributed by atoms with Crippen LogP contribution in [-0.2, 0) is 23.9 Å². The van der Waals surface area contributed by atoms with Crippen molar-refractivity contribution in [1.82, 2.24) is 49.6 Å². The van der Waals surface area contributed by atoms with Gasteiger partial charge in [-0.3, -0.25) is 14.4 Å². The van der Waals surface area contributed by atoms with Gasteiger partial charge >= 0.3 is 0 Å². The average molecular weight is 567 g/mol. The fraction of sp³-hybridized carbons (Fsp3) is 0.400. The number of ether oxygens (including phenoxy) is 1. The molecule has 1 saturated heterocycles. The van der Waals surface area contributed by atoms with E-state index in [-0.39, 0.29) is 17.5 Å². The molecule has 4 aromatic heterocycles. The largest absolute Gasteiger partial charge is 0.378 e. The molecule has 0 radical (unpaired) electrons. The fourth-order valence-electron chi connectivity index (χ4n) is 5.63. The maximum Gasteiger partial charge on any atom is 0.273 e. The number of hydrogen-bond donors (Lipinski definition) is 1. The molecule has 0 aliphatic carbocycles. The molecule has 0 saturated carbocycles. The Bertz CT molecular complexity index is 1770. The van der Waals surface area contributed by atoms with Gasteiger partial charge in [0.25, 0.3) is 5.91 Å². The minimum atomic E-state index is -0.258. The van der Waals surface area contributed by atoms with E-state index in [1.54, 1.807) is 21.8 Å². The first-order chi connectivity index (χ1) is 20.2. The van der Waals surface area contributed by atoms with Crippen molar-refractivity contribution in [3.05, 3.63) is 72.1 Å². The number of benzene rings is 1. The van der Waals surface area contributed by atoms with E-state index in [1.807, 2.05) is 57.0 Å². The zero-order valence-corrected chi connectivity index (χ0v) is 24.2. The van der Waals surface area contributed by atoms with Gasteiger partial charge in [-0.2, -0.15) is 10.2 Å². The Hall–Kier alpha value is -4.42. The summed E-state index contributed by atoms with van der Waals surface area (Å²) in [5, 5.41) is 20.4. The number of nitrogens with one attached hydrogen (secondary N) is 1. The number of fused-ring (bicyclic) bond motifs is 2. The molecule has 1 unspecified atom stereocenters. The summed E-state index contributed by atoms with van der Waals surface area (Å²) >= 11 is 0. The topological polar surface area (TPSA) is 120 Å². The molecule has 216 valence electrons. The van der Waals surface area contributed by atoms with Crippen molar-refractivity contribution >= 4 is 11.4 Å². The Morgan fingerprint density at radius 3 is 2.64 bits per heavy atom. The summed E-state index contributed by atoms with van der Waals surface area (Å²) in [7, 11) is 1.89. The highest BCUT2D eigenvalue weighted by molar-refractivity contribution is 5.92. The van der Waals surface area contributed by atoms with Crippen molar-refractivity contribution in [3.8, 4) is 22.5 Å². The Labute approximate surface area is 243 Å². The van der Waals surface area contributed by atoms with Crippen LogP contribution in [0.25, 0.3) is 28.0 Å². The molecule has 5 aromatic rings. The second-order valence-electron chi connectivity index (χ2n) is 12.1. The number of hydrogen-bond acceptors (Lipinski definition) is 8. The van der Waals surface area contributed by atoms with Crippen LogP contribution in [0.4, 0.5) is 0 Å². The number of nitrogens with zero attached hydrogens (tertiary/aromatic N) is 9. The molecule has 2 aliphatic heterocycles. The van der Waals surface area contributed by atoms with Crippen LogP contribution in [0.15, 0.2) is 55.2 Å². The lowest BCUT2D eigenvalue weighted by Gasteiger charge is -2.36. The molecule has 0 spiro atoms. The van der Waals surface area contributed by atoms with E-state index in [2.05, 4.69) is 48.9 Å². The second-order valence-corrected chi connectivity index (χ2v) is 12.1. The van der Waals surface area contributed by atoms with E-state index in [4.69, 9.17) is 9.72 Å². The van der Waals surface area contributed by atoms with Crippen LogP contribution in [0.1, 0.15) is 54.8 Å². The van der Waals surface area contributed by atoms with Crippen molar-refractivity contribution < 1.29 is 9.53 Å². The van der Waals surface area contributed by atoms with E-state index >= 15 is 0 Å². The van der Waals surface area contributed by atoms with Gasteiger partial charge in [0, 0.05) is 37.5 Å². The number of aromatic nitrogens is 8. The van der Waals surface area contributed by atoms with Crippen LogP contribution >= 0.6 is 0 Å². The van der Waals surface area contributed by atoms with Gasteiger partial charge in [0.1, 0.15) is 0 Å². The Kier molecular flexibility index (Phi) is 6.39. The Morgan fingerprint density at radius 1 is 1.07 bits per heavy atom. The van der Waals surface area contributed by atoms with Crippen LogP contribution in [0.2, 0.25) is 0 Å². The fourth-order valence-corrected chi connectivity index (χ4v) is 5.63. The number of rotatable bonds is 5. The number of amides is 1. The van der Waals surface area contributed by atoms with E-state index in [0.29, 0.717) is 11.7 Å². The first-order valence-corrected chi connectivity index (χ1v) is 14.2. The lowest BCUT2D eigenvalue weighted by Crippen LogP contribution is -2.48. The van der Waals surface area contributed by atoms with Crippen LogP contribution in [0.5, 0.6) is 0 Å². The predicted molar refractivity (Wildman–Crippen MR) is 155 cm³/mol. The predicted octanol–water partition coefficient (Wildman–Crippen LogP) is 3.22. The molecule has 0 bridgehead atoms. The highest BCUT2D eigenvalue weighted by Gasteiger charge is 2.32. The molecular weight excluding hydrogens is 532 g/mol. The first-order valence-electron chi connectivity index (χ1n) is 14.2. The Morgan fingerprint density at radius 2 is 1.93 bits per heavy atom. The average Bonchev–Trinajstić information content (AvgIpc) is 3.68. The number of carbonyl (C=O) groups is 1. The summed E-state index contributed by atoms with van der Waals surface area (Å²) in [6.45, 7) is 9.15. The highest BCUT2D eigenvalue weighted by Crippen LogP contribution is 2.34. The van der Waals surface area contributed by atoms with Crippen LogP contribution < -0.4 is 5.32 Å². The molecule has 2 aliphatic rings. The van der Waals surface area contributed by atoms with Crippen LogP contribution in [0, 0.1) is 0 Å². The minimum Gasteiger partial charge on any atom is -0.378 e. The van der Waals surface area contributed by atoms with Crippen molar-refractivity contribution in [3.63, 3.8) is 0 Å². The maximum atomic E-state index is 13.4. The van der Waals surface area contributed by atoms with Gasteiger partial charge in [-0.1, -0.05) is 17.3 Å². The zero-order valence-electron chi connectivity index (χ0n) is 24.2. The standard InChI is InChI=1S/C30H34N10O2/c1-30(2,3)40-16-26(35-36-40)29(41)34-24-8-10-38(22-17-42-18-22)14-20-11-19(5-6-23(20)24)28-27-7-9-31-39(27)15-25(33-28)21-12-32-37(4)13-21/h5-7,9,11-13,15-16,22,24H,8,10,14,17-18H2,1-4H3,(H,34,41). The lowest BCUT2D eigenvalue weighted by molar-refractivity contribution is -0.0678. The van der Waals surface area contributed by atoms with E-state index < -0.39 is 0 Å². The monoisotopic (exact) mass is 566 g/mol. The van der Waals surface area contributed by atoms with Gasteiger partial charge in [0.2, 0.25) is 0 Å². The summed E-state index contributed by atoms with van der Waals surface area (Å²) < 4.78 is 10.9. The zero-order chi connectivity index (χ0) is 29.0. The molecule has 1 atom stereocenters. The molecule has 1 amide bonds. The third-order valence-electron chi connectivity index (χ3n) is 8.12. The third-order valence-corrected chi connectivity index (χ3v) is 8.12. The molecule has 12 heteroatoms. The molecule has 42 heavy (non-hydrogen) atoms. The molecule has 1 aromatic carbocycles. The maximum absolute atomic E-state index is 13.4. The highest BCUT2D eigenvalue weighted by atomic mass is 16.5. The molecule has 6 heterocycles. The van der Waals surface area contributed by atoms with Gasteiger partial charge in [-0.25, -0.2) is 14.2 Å². The molecule has 1 fully saturated rings. The summed E-state index contributed by atoms with van der Waals surface area (Å²) in [4.78, 5) is 20.9. The first kappa shape index (κ1) is 26.5. The van der Waals surface area contributed by atoms with E-state index in [0.717, 1.165) is 71.9 Å². The molecule has 1 N–H and O–H groups in total. The molecular formula is C30H34N10O2. The quantitative estimate of drug-likeness (QED) is 0.344. The van der Waals surface area contributed by atoms with E-state index in [1.165, 1.54) is 0 Å². The number of aryl methyl sites for hydroxylation is 1. The van der Waals surface area contributed by atoms with Gasteiger partial charge in [0.05, 0.1) is 72.5 Å². The SMILES string of the molecule is Cn1cc(-c2cn3nccc3c(-c3ccc4c(c3)CN(C3COC3)CCC4NC(=O)c3cn(C(C)(C)C)nn3)n2)cn1. The lowest BCUT2D eigenvalue weighted by atomic mass is 9.95. The van der Waals surface area contributed by atoms with Gasteiger partial charge in [-0.15, -0.1) is 5.10 Å². The molecule has 12 nitrogen and oxygen atoms in total. The minimum absolute atomic E-state index is 0.169. The summed E-state index contributed by atoms with van der Waals surface area (Å²) in [6, 6.07) is 8.62. The van der Waals surface area contributed by atoms with Crippen LogP contribution in [-0.4, -0.2) is 76.0 Å². The summed E-state index contributed by atoms with van der Waals surface area (Å²) in [6.07, 6.45) is 9.97. The van der Waals surface area contributed by atoms with Crippen molar-refractivity contribution in [2.45, 2.75) is 51.4 Å². The van der Waals surface area contributed by atoms with Crippen LogP contribution in [0.3, 0.4) is 0 Å². The van der Waals surface area contributed by atoms with E-state index in [9.17, 15) is 4.79 Å². The molecule has 7 rings (SSSR count). The Balaban J connectivity index is 1.26. The second kappa shape index (κ2) is 10.1. The van der Waals surface area contributed by atoms with Crippen molar-refractivity contribution in [2.75, 3.05) is 19.8 Å². The van der Waals surface area contributed by atoms with Crippen molar-refractivity contribution in [1.29, 1.82) is 0 Å². The van der Waals surface area contributed by atoms with Crippen molar-refractivity contribution in [2.24, 2.45) is 7.05 Å². The number of carbonyl (C=O) groups excluding carboxylic acids is 1. The third kappa shape index (κ3) is 4.86. The normalized spacial score (nSPS) is 18.0.